The summed E-state index contributed by atoms with van der Waals surface area (Å²) in [5.41, 5.74) is 1.07. The van der Waals surface area contributed by atoms with Crippen LogP contribution >= 0.6 is 11.3 Å². The van der Waals surface area contributed by atoms with Crippen LogP contribution in [0.2, 0.25) is 0 Å². The number of ether oxygens (including phenoxy) is 2. The maximum absolute atomic E-state index is 13.0. The number of rotatable bonds is 4. The molecule has 0 radical (unpaired) electrons. The number of thiazole rings is 1. The Hall–Kier alpha value is -1.79. The van der Waals surface area contributed by atoms with Crippen LogP contribution in [0.5, 0.6) is 0 Å². The Labute approximate surface area is 138 Å². The Balaban J connectivity index is 1.69. The molecule has 0 N–H and O–H groups in total. The van der Waals surface area contributed by atoms with Crippen LogP contribution < -0.4 is 0 Å². The van der Waals surface area contributed by atoms with E-state index in [0.717, 1.165) is 31.2 Å². The van der Waals surface area contributed by atoms with Crippen LogP contribution in [0.4, 0.5) is 4.39 Å². The van der Waals surface area contributed by atoms with Gasteiger partial charge in [-0.25, -0.2) is 14.2 Å². The van der Waals surface area contributed by atoms with E-state index in [-0.39, 0.29) is 23.7 Å². The number of esters is 1. The lowest BCUT2D eigenvalue weighted by molar-refractivity contribution is -0.0541. The van der Waals surface area contributed by atoms with Crippen LogP contribution in [0.3, 0.4) is 0 Å². The number of aromatic nitrogens is 1. The summed E-state index contributed by atoms with van der Waals surface area (Å²) in [7, 11) is 1.65. The van der Waals surface area contributed by atoms with Gasteiger partial charge in [0, 0.05) is 18.1 Å². The van der Waals surface area contributed by atoms with Crippen LogP contribution in [0, 0.1) is 5.82 Å². The number of carbonyl (C=O) groups excluding carboxylic acids is 1. The van der Waals surface area contributed by atoms with E-state index < -0.39 is 5.97 Å². The molecular weight excluding hydrogens is 317 g/mol. The van der Waals surface area contributed by atoms with Gasteiger partial charge in [-0.05, 0) is 43.5 Å². The largest absolute Gasteiger partial charge is 0.455 e. The van der Waals surface area contributed by atoms with Gasteiger partial charge in [-0.15, -0.1) is 11.3 Å². The summed E-state index contributed by atoms with van der Waals surface area (Å²) >= 11 is 1.34. The van der Waals surface area contributed by atoms with Crippen LogP contribution in [0.25, 0.3) is 10.6 Å². The Bertz CT molecular complexity index is 671. The summed E-state index contributed by atoms with van der Waals surface area (Å²) in [5, 5.41) is 2.34. The first-order valence-corrected chi connectivity index (χ1v) is 8.50. The zero-order valence-electron chi connectivity index (χ0n) is 12.8. The predicted molar refractivity (Wildman–Crippen MR) is 86.0 cm³/mol. The van der Waals surface area contributed by atoms with Crippen molar-refractivity contribution in [3.63, 3.8) is 0 Å². The lowest BCUT2D eigenvalue weighted by Crippen LogP contribution is -2.35. The van der Waals surface area contributed by atoms with Gasteiger partial charge in [0.15, 0.2) is 5.69 Å². The fraction of sp³-hybridized carbons (Fsp3) is 0.412. The van der Waals surface area contributed by atoms with Gasteiger partial charge in [-0.3, -0.25) is 0 Å². The molecule has 1 aromatic carbocycles. The van der Waals surface area contributed by atoms with Crippen molar-refractivity contribution in [2.24, 2.45) is 0 Å². The molecule has 2 atom stereocenters. The van der Waals surface area contributed by atoms with Gasteiger partial charge >= 0.3 is 5.97 Å². The maximum Gasteiger partial charge on any atom is 0.358 e. The highest BCUT2D eigenvalue weighted by atomic mass is 32.1. The molecule has 0 amide bonds. The van der Waals surface area contributed by atoms with Crippen molar-refractivity contribution >= 4 is 17.3 Å². The molecule has 1 heterocycles. The number of nitrogens with zero attached hydrogens (tertiary/aromatic N) is 1. The van der Waals surface area contributed by atoms with Crippen molar-refractivity contribution in [3.8, 4) is 10.6 Å². The third kappa shape index (κ3) is 3.76. The third-order valence-corrected chi connectivity index (χ3v) is 4.90. The number of benzene rings is 1. The van der Waals surface area contributed by atoms with Crippen molar-refractivity contribution < 1.29 is 18.7 Å². The van der Waals surface area contributed by atoms with Crippen LogP contribution in [-0.4, -0.2) is 30.3 Å². The standard InChI is InChI=1S/C17H18FNO3S/c1-21-14-4-2-3-5-15(14)22-17(20)13-10-23-16(19-13)11-6-8-12(18)9-7-11/h6-10,14-15H,2-5H2,1H3. The molecule has 1 saturated carbocycles. The Kier molecular flexibility index (Phi) is 5.03. The molecule has 2 aromatic rings. The van der Waals surface area contributed by atoms with Crippen molar-refractivity contribution in [1.82, 2.24) is 4.98 Å². The van der Waals surface area contributed by atoms with Crippen molar-refractivity contribution in [2.75, 3.05) is 7.11 Å². The molecule has 0 aliphatic heterocycles. The molecule has 1 aliphatic rings. The minimum atomic E-state index is -0.427. The molecule has 0 spiro atoms. The smallest absolute Gasteiger partial charge is 0.358 e. The Morgan fingerprint density at radius 2 is 1.91 bits per heavy atom. The van der Waals surface area contributed by atoms with Crippen molar-refractivity contribution in [2.45, 2.75) is 37.9 Å². The second-order valence-corrected chi connectivity index (χ2v) is 6.41. The minimum absolute atomic E-state index is 0.0390. The third-order valence-electron chi connectivity index (χ3n) is 4.01. The van der Waals surface area contributed by atoms with E-state index in [4.69, 9.17) is 9.47 Å². The highest BCUT2D eigenvalue weighted by molar-refractivity contribution is 7.13. The van der Waals surface area contributed by atoms with E-state index in [0.29, 0.717) is 5.01 Å². The number of halogens is 1. The zero-order valence-corrected chi connectivity index (χ0v) is 13.6. The van der Waals surface area contributed by atoms with Crippen LogP contribution in [0.15, 0.2) is 29.6 Å². The molecule has 122 valence electrons. The molecule has 6 heteroatoms. The van der Waals surface area contributed by atoms with E-state index in [1.807, 2.05) is 0 Å². The molecule has 2 unspecified atom stereocenters. The second kappa shape index (κ2) is 7.19. The first kappa shape index (κ1) is 16.1. The van der Waals surface area contributed by atoms with Gasteiger partial charge < -0.3 is 9.47 Å². The molecule has 0 saturated heterocycles. The van der Waals surface area contributed by atoms with Gasteiger partial charge in [0.2, 0.25) is 0 Å². The van der Waals surface area contributed by atoms with E-state index in [9.17, 15) is 9.18 Å². The number of hydrogen-bond donors (Lipinski definition) is 0. The highest BCUT2D eigenvalue weighted by Gasteiger charge is 2.29. The predicted octanol–water partition coefficient (Wildman–Crippen LogP) is 4.06. The minimum Gasteiger partial charge on any atom is -0.455 e. The fourth-order valence-corrected chi connectivity index (χ4v) is 3.55. The lowest BCUT2D eigenvalue weighted by atomic mass is 9.94. The quantitative estimate of drug-likeness (QED) is 0.791. The topological polar surface area (TPSA) is 48.4 Å². The van der Waals surface area contributed by atoms with Crippen molar-refractivity contribution in [1.29, 1.82) is 0 Å². The molecule has 1 fully saturated rings. The molecule has 0 bridgehead atoms. The summed E-state index contributed by atoms with van der Waals surface area (Å²) < 4.78 is 23.9. The van der Waals surface area contributed by atoms with E-state index in [1.165, 1.54) is 23.5 Å². The molecule has 4 nitrogen and oxygen atoms in total. The first-order valence-electron chi connectivity index (χ1n) is 7.62. The van der Waals surface area contributed by atoms with Crippen LogP contribution in [-0.2, 0) is 9.47 Å². The lowest BCUT2D eigenvalue weighted by Gasteiger charge is -2.29. The average molecular weight is 335 g/mol. The van der Waals surface area contributed by atoms with Crippen LogP contribution in [0.1, 0.15) is 36.2 Å². The highest BCUT2D eigenvalue weighted by Crippen LogP contribution is 2.27. The monoisotopic (exact) mass is 335 g/mol. The van der Waals surface area contributed by atoms with Gasteiger partial charge in [0.05, 0.1) is 6.10 Å². The Morgan fingerprint density at radius 3 is 2.61 bits per heavy atom. The summed E-state index contributed by atoms with van der Waals surface area (Å²) in [6.07, 6.45) is 3.61. The molecule has 3 rings (SSSR count). The van der Waals surface area contributed by atoms with E-state index >= 15 is 0 Å². The van der Waals surface area contributed by atoms with Crippen molar-refractivity contribution in [3.05, 3.63) is 41.2 Å². The maximum atomic E-state index is 13.0. The summed E-state index contributed by atoms with van der Waals surface area (Å²) in [6.45, 7) is 0. The summed E-state index contributed by atoms with van der Waals surface area (Å²) in [5.74, 6) is -0.726. The van der Waals surface area contributed by atoms with Gasteiger partial charge in [-0.1, -0.05) is 6.42 Å². The second-order valence-electron chi connectivity index (χ2n) is 5.55. The number of methoxy groups -OCH3 is 1. The van der Waals surface area contributed by atoms with E-state index in [2.05, 4.69) is 4.98 Å². The summed E-state index contributed by atoms with van der Waals surface area (Å²) in [6, 6.07) is 6.04. The number of carbonyl (C=O) groups is 1. The average Bonchev–Trinajstić information content (AvgIpc) is 3.06. The van der Waals surface area contributed by atoms with Gasteiger partial charge in [0.25, 0.3) is 0 Å². The Morgan fingerprint density at radius 1 is 1.22 bits per heavy atom. The number of hydrogen-bond acceptors (Lipinski definition) is 5. The summed E-state index contributed by atoms with van der Waals surface area (Å²) in [4.78, 5) is 16.6. The SMILES string of the molecule is COC1CCCCC1OC(=O)c1csc(-c2ccc(F)cc2)n1. The van der Waals surface area contributed by atoms with E-state index in [1.54, 1.807) is 24.6 Å². The first-order chi connectivity index (χ1) is 11.2. The molecule has 23 heavy (non-hydrogen) atoms. The zero-order chi connectivity index (χ0) is 16.2. The molecule has 1 aliphatic carbocycles. The molecule has 1 aromatic heterocycles. The van der Waals surface area contributed by atoms with Gasteiger partial charge in [-0.2, -0.15) is 0 Å². The normalized spacial score (nSPS) is 21.1. The van der Waals surface area contributed by atoms with Gasteiger partial charge in [0.1, 0.15) is 16.9 Å². The molecular formula is C17H18FNO3S. The fourth-order valence-electron chi connectivity index (χ4n) is 2.76.